The summed E-state index contributed by atoms with van der Waals surface area (Å²) in [6, 6.07) is 7.21. The van der Waals surface area contributed by atoms with Crippen molar-refractivity contribution in [1.29, 1.82) is 0 Å². The molecule has 2 amide bonds. The fourth-order valence-corrected chi connectivity index (χ4v) is 3.17. The Hall–Kier alpha value is -2.70. The summed E-state index contributed by atoms with van der Waals surface area (Å²) >= 11 is 0. The largest absolute Gasteiger partial charge is 0.345 e. The molecule has 1 aromatic carbocycles. The molecular weight excluding hydrogens is 320 g/mol. The zero-order valence-electron chi connectivity index (χ0n) is 14.3. The molecule has 0 bridgehead atoms. The molecule has 0 saturated carbocycles. The minimum atomic E-state index is -0.378. The van der Waals surface area contributed by atoms with Gasteiger partial charge in [-0.05, 0) is 38.3 Å². The maximum absolute atomic E-state index is 12.4. The molecule has 1 fully saturated rings. The lowest BCUT2D eigenvalue weighted by molar-refractivity contribution is -0.135. The summed E-state index contributed by atoms with van der Waals surface area (Å²) in [6.45, 7) is 2.57. The van der Waals surface area contributed by atoms with Crippen LogP contribution in [0.2, 0.25) is 0 Å². The minimum absolute atomic E-state index is 0.0427. The smallest absolute Gasteiger partial charge is 0.261 e. The van der Waals surface area contributed by atoms with Gasteiger partial charge in [-0.15, -0.1) is 0 Å². The van der Waals surface area contributed by atoms with Crippen molar-refractivity contribution in [2.45, 2.75) is 38.8 Å². The van der Waals surface area contributed by atoms with Crippen LogP contribution in [0.5, 0.6) is 0 Å². The Morgan fingerprint density at radius 1 is 1.28 bits per heavy atom. The lowest BCUT2D eigenvalue weighted by atomic mass is 10.0. The zero-order chi connectivity index (χ0) is 17.8. The molecule has 1 unspecified atom stereocenters. The van der Waals surface area contributed by atoms with Crippen molar-refractivity contribution in [3.63, 3.8) is 0 Å². The summed E-state index contributed by atoms with van der Waals surface area (Å²) in [5.74, 6) is -0.457. The molecule has 0 aliphatic carbocycles. The van der Waals surface area contributed by atoms with Crippen LogP contribution < -0.4 is 10.9 Å². The first kappa shape index (κ1) is 17.1. The second kappa shape index (κ2) is 7.46. The molecule has 2 aromatic rings. The quantitative estimate of drug-likeness (QED) is 0.895. The topological polar surface area (TPSA) is 84.3 Å². The molecule has 1 saturated heterocycles. The molecule has 1 aliphatic rings. The van der Waals surface area contributed by atoms with E-state index >= 15 is 0 Å². The van der Waals surface area contributed by atoms with Crippen molar-refractivity contribution in [3.05, 3.63) is 40.9 Å². The highest BCUT2D eigenvalue weighted by Crippen LogP contribution is 2.15. The SMILES string of the molecule is CC1CCCCN1C(=O)CNC(=O)Cn1cnc2ccccc2c1=O. The Morgan fingerprint density at radius 2 is 2.08 bits per heavy atom. The van der Waals surface area contributed by atoms with E-state index in [4.69, 9.17) is 0 Å². The highest BCUT2D eigenvalue weighted by atomic mass is 16.2. The normalized spacial score (nSPS) is 17.5. The molecule has 1 N–H and O–H groups in total. The Balaban J connectivity index is 1.60. The Labute approximate surface area is 145 Å². The second-order valence-corrected chi connectivity index (χ2v) is 6.40. The molecule has 132 valence electrons. The fraction of sp³-hybridized carbons (Fsp3) is 0.444. The van der Waals surface area contributed by atoms with Gasteiger partial charge >= 0.3 is 0 Å². The Morgan fingerprint density at radius 3 is 2.88 bits per heavy atom. The molecule has 1 aliphatic heterocycles. The summed E-state index contributed by atoms with van der Waals surface area (Å²) in [6.07, 6.45) is 4.49. The first-order chi connectivity index (χ1) is 12.1. The van der Waals surface area contributed by atoms with Crippen molar-refractivity contribution < 1.29 is 9.59 Å². The van der Waals surface area contributed by atoms with E-state index in [2.05, 4.69) is 10.3 Å². The third-order valence-electron chi connectivity index (χ3n) is 4.61. The van der Waals surface area contributed by atoms with Gasteiger partial charge < -0.3 is 10.2 Å². The third kappa shape index (κ3) is 3.87. The molecule has 25 heavy (non-hydrogen) atoms. The van der Waals surface area contributed by atoms with E-state index in [9.17, 15) is 14.4 Å². The predicted molar refractivity (Wildman–Crippen MR) is 94.0 cm³/mol. The van der Waals surface area contributed by atoms with Crippen LogP contribution in [0, 0.1) is 0 Å². The number of hydrogen-bond donors (Lipinski definition) is 1. The van der Waals surface area contributed by atoms with Gasteiger partial charge in [0.2, 0.25) is 11.8 Å². The van der Waals surface area contributed by atoms with Crippen molar-refractivity contribution in [2.75, 3.05) is 13.1 Å². The summed E-state index contributed by atoms with van der Waals surface area (Å²) in [4.78, 5) is 42.7. The van der Waals surface area contributed by atoms with E-state index in [1.54, 1.807) is 24.3 Å². The number of benzene rings is 1. The van der Waals surface area contributed by atoms with E-state index in [1.165, 1.54) is 10.9 Å². The molecule has 1 aromatic heterocycles. The monoisotopic (exact) mass is 342 g/mol. The maximum atomic E-state index is 12.4. The molecule has 1 atom stereocenters. The van der Waals surface area contributed by atoms with Crippen molar-refractivity contribution in [1.82, 2.24) is 19.8 Å². The molecule has 7 nitrogen and oxygen atoms in total. The predicted octanol–water partition coefficient (Wildman–Crippen LogP) is 0.914. The summed E-state index contributed by atoms with van der Waals surface area (Å²) in [5.41, 5.74) is 0.329. The first-order valence-electron chi connectivity index (χ1n) is 8.56. The Kier molecular flexibility index (Phi) is 5.11. The lowest BCUT2D eigenvalue weighted by Crippen LogP contribution is -2.47. The van der Waals surface area contributed by atoms with E-state index in [1.807, 2.05) is 11.8 Å². The number of hydrogen-bond acceptors (Lipinski definition) is 4. The molecule has 0 spiro atoms. The van der Waals surface area contributed by atoms with Crippen LogP contribution in [0.3, 0.4) is 0 Å². The van der Waals surface area contributed by atoms with Gasteiger partial charge in [0.05, 0.1) is 23.8 Å². The molecular formula is C18H22N4O3. The van der Waals surface area contributed by atoms with Gasteiger partial charge in [-0.3, -0.25) is 19.0 Å². The third-order valence-corrected chi connectivity index (χ3v) is 4.61. The van der Waals surface area contributed by atoms with Crippen LogP contribution in [0.25, 0.3) is 10.9 Å². The van der Waals surface area contributed by atoms with E-state index < -0.39 is 0 Å². The highest BCUT2D eigenvalue weighted by Gasteiger charge is 2.23. The number of rotatable bonds is 4. The molecule has 7 heteroatoms. The zero-order valence-corrected chi connectivity index (χ0v) is 14.3. The van der Waals surface area contributed by atoms with Crippen LogP contribution in [0.4, 0.5) is 0 Å². The first-order valence-corrected chi connectivity index (χ1v) is 8.56. The fourth-order valence-electron chi connectivity index (χ4n) is 3.17. The second-order valence-electron chi connectivity index (χ2n) is 6.40. The van der Waals surface area contributed by atoms with E-state index in [0.717, 1.165) is 25.8 Å². The number of aromatic nitrogens is 2. The van der Waals surface area contributed by atoms with Gasteiger partial charge in [0.1, 0.15) is 6.54 Å². The van der Waals surface area contributed by atoms with Crippen LogP contribution in [0.1, 0.15) is 26.2 Å². The van der Waals surface area contributed by atoms with Gasteiger partial charge in [0, 0.05) is 12.6 Å². The van der Waals surface area contributed by atoms with E-state index in [0.29, 0.717) is 10.9 Å². The molecule has 0 radical (unpaired) electrons. The van der Waals surface area contributed by atoms with Gasteiger partial charge in [-0.2, -0.15) is 0 Å². The van der Waals surface area contributed by atoms with Gasteiger partial charge in [0.15, 0.2) is 0 Å². The molecule has 2 heterocycles. The standard InChI is InChI=1S/C18H22N4O3/c1-13-6-4-5-9-22(13)17(24)10-19-16(23)11-21-12-20-15-8-3-2-7-14(15)18(21)25/h2-3,7-8,12-13H,4-6,9-11H2,1H3,(H,19,23). The number of para-hydroxylation sites is 1. The summed E-state index contributed by atoms with van der Waals surface area (Å²) in [7, 11) is 0. The summed E-state index contributed by atoms with van der Waals surface area (Å²) in [5, 5.41) is 3.07. The van der Waals surface area contributed by atoms with Gasteiger partial charge in [-0.25, -0.2) is 4.98 Å². The molecule has 3 rings (SSSR count). The number of nitrogens with zero attached hydrogens (tertiary/aromatic N) is 3. The highest BCUT2D eigenvalue weighted by molar-refractivity contribution is 5.85. The van der Waals surface area contributed by atoms with Crippen LogP contribution in [0.15, 0.2) is 35.4 Å². The van der Waals surface area contributed by atoms with Crippen LogP contribution in [-0.4, -0.2) is 45.4 Å². The number of carbonyl (C=O) groups excluding carboxylic acids is 2. The Bertz CT molecular complexity index is 846. The van der Waals surface area contributed by atoms with Gasteiger partial charge in [0.25, 0.3) is 5.56 Å². The van der Waals surface area contributed by atoms with Gasteiger partial charge in [-0.1, -0.05) is 12.1 Å². The van der Waals surface area contributed by atoms with Crippen molar-refractivity contribution >= 4 is 22.7 Å². The van der Waals surface area contributed by atoms with Crippen LogP contribution >= 0.6 is 0 Å². The maximum Gasteiger partial charge on any atom is 0.261 e. The minimum Gasteiger partial charge on any atom is -0.345 e. The number of amides is 2. The van der Waals surface area contributed by atoms with Crippen LogP contribution in [-0.2, 0) is 16.1 Å². The van der Waals surface area contributed by atoms with Crippen molar-refractivity contribution in [2.24, 2.45) is 0 Å². The average molecular weight is 342 g/mol. The number of fused-ring (bicyclic) bond motifs is 1. The van der Waals surface area contributed by atoms with Crippen molar-refractivity contribution in [3.8, 4) is 0 Å². The number of piperidine rings is 1. The summed E-state index contributed by atoms with van der Waals surface area (Å²) < 4.78 is 1.26. The van der Waals surface area contributed by atoms with E-state index in [-0.39, 0.29) is 36.5 Å². The number of carbonyl (C=O) groups is 2. The lowest BCUT2D eigenvalue weighted by Gasteiger charge is -2.33. The number of nitrogens with one attached hydrogen (secondary N) is 1. The average Bonchev–Trinajstić information content (AvgIpc) is 2.63. The number of likely N-dealkylation sites (tertiary alicyclic amines) is 1.